The van der Waals surface area contributed by atoms with Crippen molar-refractivity contribution in [3.63, 3.8) is 0 Å². The minimum Gasteiger partial charge on any atom is -0.394 e. The molecule has 3 heteroatoms. The third kappa shape index (κ3) is 7.24. The number of hydrogen-bond acceptors (Lipinski definition) is 3. The van der Waals surface area contributed by atoms with Crippen LogP contribution in [0.3, 0.4) is 0 Å². The maximum Gasteiger partial charge on any atom is 0.100 e. The topological polar surface area (TPSA) is 35.8 Å². The Bertz CT molecular complexity index is 361. The highest BCUT2D eigenvalue weighted by Gasteiger charge is 2.38. The number of hydrogen-bond donors (Lipinski definition) is 1. The van der Waals surface area contributed by atoms with Gasteiger partial charge < -0.3 is 10.0 Å². The van der Waals surface area contributed by atoms with Crippen LogP contribution in [0.2, 0.25) is 0 Å². The van der Waals surface area contributed by atoms with Gasteiger partial charge in [0.15, 0.2) is 0 Å². The molecule has 0 radical (unpaired) electrons. The Morgan fingerprint density at radius 3 is 2.04 bits per heavy atom. The molecular weight excluding hydrogens is 284 g/mol. The van der Waals surface area contributed by atoms with Gasteiger partial charge in [0.2, 0.25) is 0 Å². The quantitative estimate of drug-likeness (QED) is 0.503. The van der Waals surface area contributed by atoms with Crippen LogP contribution < -0.4 is 0 Å². The van der Waals surface area contributed by atoms with Crippen molar-refractivity contribution in [1.29, 1.82) is 0 Å². The van der Waals surface area contributed by atoms with Gasteiger partial charge in [-0.05, 0) is 34.1 Å². The van der Waals surface area contributed by atoms with E-state index < -0.39 is 0 Å². The fraction of sp³-hybridized carbons (Fsp3) is 0.950. The summed E-state index contributed by atoms with van der Waals surface area (Å²) in [6, 6.07) is 0. The van der Waals surface area contributed by atoms with E-state index in [1.54, 1.807) is 0 Å². The maximum atomic E-state index is 9.68. The average Bonchev–Trinajstić information content (AvgIpc) is 2.81. The van der Waals surface area contributed by atoms with Crippen molar-refractivity contribution in [1.82, 2.24) is 4.90 Å². The lowest BCUT2D eigenvalue weighted by molar-refractivity contribution is 0.109. The van der Waals surface area contributed by atoms with E-state index in [2.05, 4.69) is 39.5 Å². The van der Waals surface area contributed by atoms with Crippen LogP contribution in [0.15, 0.2) is 4.99 Å². The van der Waals surface area contributed by atoms with Gasteiger partial charge in [-0.25, -0.2) is 0 Å². The van der Waals surface area contributed by atoms with E-state index in [-0.39, 0.29) is 17.7 Å². The predicted octanol–water partition coefficient (Wildman–Crippen LogP) is 5.17. The lowest BCUT2D eigenvalue weighted by atomic mass is 10.00. The van der Waals surface area contributed by atoms with Gasteiger partial charge in [0.05, 0.1) is 17.7 Å². The normalized spacial score (nSPS) is 17.7. The minimum atomic E-state index is -0.202. The molecule has 23 heavy (non-hydrogen) atoms. The van der Waals surface area contributed by atoms with Crippen molar-refractivity contribution in [3.8, 4) is 0 Å². The molecule has 0 amide bonds. The summed E-state index contributed by atoms with van der Waals surface area (Å²) in [7, 11) is 0. The van der Waals surface area contributed by atoms with Gasteiger partial charge >= 0.3 is 0 Å². The molecule has 1 aliphatic heterocycles. The van der Waals surface area contributed by atoms with E-state index in [9.17, 15) is 5.11 Å². The summed E-state index contributed by atoms with van der Waals surface area (Å²) in [5.41, 5.74) is -0.215. The fourth-order valence-corrected chi connectivity index (χ4v) is 3.36. The molecule has 136 valence electrons. The van der Waals surface area contributed by atoms with Crippen molar-refractivity contribution in [2.24, 2.45) is 4.99 Å². The van der Waals surface area contributed by atoms with Gasteiger partial charge in [0.1, 0.15) is 5.84 Å². The van der Waals surface area contributed by atoms with Crippen LogP contribution in [0.4, 0.5) is 0 Å². The lowest BCUT2D eigenvalue weighted by Gasteiger charge is -2.37. The second-order valence-electron chi connectivity index (χ2n) is 8.48. The molecular formula is C20H40N2O. The Labute approximate surface area is 144 Å². The smallest absolute Gasteiger partial charge is 0.100 e. The molecule has 0 atom stereocenters. The van der Waals surface area contributed by atoms with Crippen LogP contribution in [0.5, 0.6) is 0 Å². The fourth-order valence-electron chi connectivity index (χ4n) is 3.36. The summed E-state index contributed by atoms with van der Waals surface area (Å²) in [6.45, 7) is 12.0. The third-order valence-corrected chi connectivity index (χ3v) is 4.91. The Morgan fingerprint density at radius 2 is 1.52 bits per heavy atom. The first-order chi connectivity index (χ1) is 10.8. The number of aliphatic hydroxyl groups is 1. The minimum absolute atomic E-state index is 0.0128. The first-order valence-corrected chi connectivity index (χ1v) is 9.79. The Balaban J connectivity index is 2.27. The van der Waals surface area contributed by atoms with Crippen LogP contribution >= 0.6 is 0 Å². The Morgan fingerprint density at radius 1 is 1.00 bits per heavy atom. The van der Waals surface area contributed by atoms with Gasteiger partial charge in [0.25, 0.3) is 0 Å². The van der Waals surface area contributed by atoms with Gasteiger partial charge in [0, 0.05) is 13.0 Å². The molecule has 0 bridgehead atoms. The molecule has 3 nitrogen and oxygen atoms in total. The largest absolute Gasteiger partial charge is 0.394 e. The zero-order valence-electron chi connectivity index (χ0n) is 16.3. The monoisotopic (exact) mass is 324 g/mol. The molecule has 0 saturated heterocycles. The van der Waals surface area contributed by atoms with Crippen LogP contribution in [-0.2, 0) is 0 Å². The summed E-state index contributed by atoms with van der Waals surface area (Å²) < 4.78 is 0. The molecule has 0 fully saturated rings. The first-order valence-electron chi connectivity index (χ1n) is 9.79. The number of aliphatic hydroxyl groups excluding tert-OH is 1. The van der Waals surface area contributed by atoms with Gasteiger partial charge in [-0.1, -0.05) is 58.3 Å². The number of nitrogens with zero attached hydrogens (tertiary/aromatic N) is 2. The van der Waals surface area contributed by atoms with Gasteiger partial charge in [-0.2, -0.15) is 0 Å². The SMILES string of the molecule is CCCCCCCCCCCC1=NC(C)(C)CN1C(C)(C)CO. The molecule has 0 aliphatic carbocycles. The van der Waals surface area contributed by atoms with E-state index >= 15 is 0 Å². The lowest BCUT2D eigenvalue weighted by Crippen LogP contribution is -2.50. The van der Waals surface area contributed by atoms with E-state index in [4.69, 9.17) is 4.99 Å². The molecule has 0 saturated carbocycles. The third-order valence-electron chi connectivity index (χ3n) is 4.91. The highest BCUT2D eigenvalue weighted by atomic mass is 16.3. The van der Waals surface area contributed by atoms with Crippen molar-refractivity contribution in [3.05, 3.63) is 0 Å². The van der Waals surface area contributed by atoms with E-state index in [0.29, 0.717) is 0 Å². The van der Waals surface area contributed by atoms with Crippen LogP contribution in [0, 0.1) is 0 Å². The molecule has 0 aromatic rings. The molecule has 1 rings (SSSR count). The summed E-state index contributed by atoms with van der Waals surface area (Å²) in [6.07, 6.45) is 13.3. The van der Waals surface area contributed by atoms with E-state index in [0.717, 1.165) is 13.0 Å². The van der Waals surface area contributed by atoms with Gasteiger partial charge in [-0.3, -0.25) is 4.99 Å². The summed E-state index contributed by atoms with van der Waals surface area (Å²) in [4.78, 5) is 7.25. The van der Waals surface area contributed by atoms with Crippen molar-refractivity contribution >= 4 is 5.84 Å². The second-order valence-corrected chi connectivity index (χ2v) is 8.48. The molecule has 1 heterocycles. The maximum absolute atomic E-state index is 9.68. The predicted molar refractivity (Wildman–Crippen MR) is 101 cm³/mol. The Hall–Kier alpha value is -0.570. The Kier molecular flexibility index (Phi) is 8.60. The molecule has 1 N–H and O–H groups in total. The van der Waals surface area contributed by atoms with Crippen LogP contribution in [-0.4, -0.2) is 40.1 Å². The first kappa shape index (κ1) is 20.5. The number of amidine groups is 1. The van der Waals surface area contributed by atoms with Crippen LogP contribution in [0.25, 0.3) is 0 Å². The zero-order chi connectivity index (χ0) is 17.3. The molecule has 0 spiro atoms. The van der Waals surface area contributed by atoms with Crippen molar-refractivity contribution < 1.29 is 5.11 Å². The second kappa shape index (κ2) is 9.66. The highest BCUT2D eigenvalue weighted by Crippen LogP contribution is 2.29. The number of rotatable bonds is 12. The molecule has 0 aromatic carbocycles. The average molecular weight is 325 g/mol. The molecule has 0 unspecified atom stereocenters. The summed E-state index contributed by atoms with van der Waals surface area (Å²) in [5, 5.41) is 9.68. The standard InChI is InChI=1S/C20H40N2O/c1-6-7-8-9-10-11-12-13-14-15-18-21-19(2,3)16-22(18)20(4,5)17-23/h23H,6-17H2,1-5H3. The summed E-state index contributed by atoms with van der Waals surface area (Å²) >= 11 is 0. The number of unbranched alkanes of at least 4 members (excludes halogenated alkanes) is 8. The van der Waals surface area contributed by atoms with Crippen molar-refractivity contribution in [2.45, 2.75) is 110 Å². The molecule has 1 aliphatic rings. The van der Waals surface area contributed by atoms with Crippen LogP contribution in [0.1, 0.15) is 98.8 Å². The van der Waals surface area contributed by atoms with Gasteiger partial charge in [-0.15, -0.1) is 0 Å². The highest BCUT2D eigenvalue weighted by molar-refractivity contribution is 5.85. The number of aliphatic imine (C=N–C) groups is 1. The summed E-state index contributed by atoms with van der Waals surface area (Å²) in [5.74, 6) is 1.21. The van der Waals surface area contributed by atoms with E-state index in [1.165, 1.54) is 63.6 Å². The zero-order valence-corrected chi connectivity index (χ0v) is 16.3. The van der Waals surface area contributed by atoms with E-state index in [1.807, 2.05) is 0 Å². The molecule has 0 aromatic heterocycles. The van der Waals surface area contributed by atoms with Crippen molar-refractivity contribution in [2.75, 3.05) is 13.2 Å².